The highest BCUT2D eigenvalue weighted by Crippen LogP contribution is 2.23. The van der Waals surface area contributed by atoms with Gasteiger partial charge < -0.3 is 4.57 Å². The molecule has 1 aromatic heterocycles. The van der Waals surface area contributed by atoms with Crippen molar-refractivity contribution in [2.24, 2.45) is 7.05 Å². The third-order valence-electron chi connectivity index (χ3n) is 2.62. The summed E-state index contributed by atoms with van der Waals surface area (Å²) in [7, 11) is -1.10. The lowest BCUT2D eigenvalue weighted by Gasteiger charge is -2.03. The van der Waals surface area contributed by atoms with Gasteiger partial charge in [0, 0.05) is 29.6 Å². The van der Waals surface area contributed by atoms with E-state index in [0.717, 1.165) is 11.4 Å². The summed E-state index contributed by atoms with van der Waals surface area (Å²) < 4.78 is 24.0. The van der Waals surface area contributed by atoms with Crippen molar-refractivity contribution in [2.45, 2.75) is 5.16 Å². The van der Waals surface area contributed by atoms with Gasteiger partial charge in [-0.25, -0.2) is 8.42 Å². The Labute approximate surface area is 127 Å². The highest BCUT2D eigenvalue weighted by molar-refractivity contribution is 8.00. The number of halogens is 1. The van der Waals surface area contributed by atoms with E-state index >= 15 is 0 Å². The first-order chi connectivity index (χ1) is 9.37. The Kier molecular flexibility index (Phi) is 4.72. The van der Waals surface area contributed by atoms with Gasteiger partial charge in [-0.1, -0.05) is 23.4 Å². The second-order valence-electron chi connectivity index (χ2n) is 4.35. The standard InChI is InChI=1S/C12H14ClN3O2S2/c1-16-11(9-3-5-10(13)6-4-9)14-15-12(16)19-7-8-20(2,17)18/h3-6H,7-8H2,1-2H3. The average Bonchev–Trinajstić information content (AvgIpc) is 2.71. The summed E-state index contributed by atoms with van der Waals surface area (Å²) >= 11 is 7.23. The van der Waals surface area contributed by atoms with Crippen molar-refractivity contribution in [1.29, 1.82) is 0 Å². The molecule has 0 atom stereocenters. The van der Waals surface area contributed by atoms with Crippen LogP contribution in [-0.4, -0.2) is 40.9 Å². The molecule has 0 unspecified atom stereocenters. The minimum absolute atomic E-state index is 0.126. The number of sulfone groups is 1. The summed E-state index contributed by atoms with van der Waals surface area (Å²) in [5.41, 5.74) is 0.916. The minimum Gasteiger partial charge on any atom is -0.305 e. The third-order valence-corrected chi connectivity index (χ3v) is 5.10. The number of nitrogens with zero attached hydrogens (tertiary/aromatic N) is 3. The van der Waals surface area contributed by atoms with Gasteiger partial charge in [0.05, 0.1) is 5.75 Å². The third kappa shape index (κ3) is 3.97. The van der Waals surface area contributed by atoms with Crippen LogP contribution in [-0.2, 0) is 16.9 Å². The van der Waals surface area contributed by atoms with Crippen molar-refractivity contribution < 1.29 is 8.42 Å². The fourth-order valence-corrected chi connectivity index (χ4v) is 3.81. The van der Waals surface area contributed by atoms with E-state index in [1.807, 2.05) is 23.7 Å². The van der Waals surface area contributed by atoms with Crippen LogP contribution in [0.2, 0.25) is 5.02 Å². The Morgan fingerprint density at radius 2 is 1.90 bits per heavy atom. The van der Waals surface area contributed by atoms with Crippen molar-refractivity contribution in [3.05, 3.63) is 29.3 Å². The van der Waals surface area contributed by atoms with Crippen LogP contribution in [0.25, 0.3) is 11.4 Å². The van der Waals surface area contributed by atoms with Gasteiger partial charge in [-0.15, -0.1) is 10.2 Å². The molecule has 5 nitrogen and oxygen atoms in total. The lowest BCUT2D eigenvalue weighted by Crippen LogP contribution is -2.05. The van der Waals surface area contributed by atoms with Gasteiger partial charge in [-0.2, -0.15) is 0 Å². The van der Waals surface area contributed by atoms with Crippen LogP contribution < -0.4 is 0 Å². The molecule has 0 aliphatic heterocycles. The molecule has 0 fully saturated rings. The van der Waals surface area contributed by atoms with Crippen LogP contribution in [0.1, 0.15) is 0 Å². The Bertz CT molecular complexity index is 696. The summed E-state index contributed by atoms with van der Waals surface area (Å²) in [6.07, 6.45) is 1.23. The monoisotopic (exact) mass is 331 g/mol. The molecule has 0 N–H and O–H groups in total. The van der Waals surface area contributed by atoms with E-state index in [0.29, 0.717) is 15.9 Å². The van der Waals surface area contributed by atoms with Gasteiger partial charge in [0.1, 0.15) is 9.84 Å². The van der Waals surface area contributed by atoms with Crippen LogP contribution in [0.3, 0.4) is 0 Å². The first-order valence-electron chi connectivity index (χ1n) is 5.83. The van der Waals surface area contributed by atoms with E-state index < -0.39 is 9.84 Å². The maximum absolute atomic E-state index is 11.1. The van der Waals surface area contributed by atoms with Gasteiger partial charge >= 0.3 is 0 Å². The van der Waals surface area contributed by atoms with Crippen LogP contribution in [0, 0.1) is 0 Å². The molecule has 2 aromatic rings. The van der Waals surface area contributed by atoms with E-state index in [4.69, 9.17) is 11.6 Å². The maximum Gasteiger partial charge on any atom is 0.191 e. The van der Waals surface area contributed by atoms with Crippen molar-refractivity contribution in [3.63, 3.8) is 0 Å². The zero-order chi connectivity index (χ0) is 14.8. The lowest BCUT2D eigenvalue weighted by atomic mass is 10.2. The van der Waals surface area contributed by atoms with E-state index in [2.05, 4.69) is 10.2 Å². The largest absolute Gasteiger partial charge is 0.305 e. The zero-order valence-electron chi connectivity index (χ0n) is 11.1. The Morgan fingerprint density at radius 3 is 2.50 bits per heavy atom. The van der Waals surface area contributed by atoms with E-state index in [1.54, 1.807) is 12.1 Å². The van der Waals surface area contributed by atoms with Gasteiger partial charge in [0.25, 0.3) is 0 Å². The van der Waals surface area contributed by atoms with Crippen molar-refractivity contribution >= 4 is 33.2 Å². The molecule has 0 aliphatic rings. The van der Waals surface area contributed by atoms with Gasteiger partial charge in [-0.05, 0) is 24.3 Å². The molecule has 0 saturated carbocycles. The number of rotatable bonds is 5. The molecule has 0 radical (unpaired) electrons. The van der Waals surface area contributed by atoms with Crippen LogP contribution in [0.15, 0.2) is 29.4 Å². The van der Waals surface area contributed by atoms with Crippen LogP contribution in [0.5, 0.6) is 0 Å². The smallest absolute Gasteiger partial charge is 0.191 e. The van der Waals surface area contributed by atoms with E-state index in [1.165, 1.54) is 18.0 Å². The molecule has 1 heterocycles. The Hall–Kier alpha value is -1.05. The summed E-state index contributed by atoms with van der Waals surface area (Å²) in [6.45, 7) is 0. The summed E-state index contributed by atoms with van der Waals surface area (Å²) in [4.78, 5) is 0. The molecular formula is C12H14ClN3O2S2. The molecule has 20 heavy (non-hydrogen) atoms. The van der Waals surface area contributed by atoms with Crippen molar-refractivity contribution in [1.82, 2.24) is 14.8 Å². The highest BCUT2D eigenvalue weighted by Gasteiger charge is 2.12. The minimum atomic E-state index is -2.95. The molecule has 2 rings (SSSR count). The molecule has 0 amide bonds. The fourth-order valence-electron chi connectivity index (χ4n) is 1.58. The SMILES string of the molecule is Cn1c(SCCS(C)(=O)=O)nnc1-c1ccc(Cl)cc1. The van der Waals surface area contributed by atoms with E-state index in [9.17, 15) is 8.42 Å². The number of benzene rings is 1. The zero-order valence-corrected chi connectivity index (χ0v) is 13.5. The number of hydrogen-bond acceptors (Lipinski definition) is 5. The van der Waals surface area contributed by atoms with Crippen molar-refractivity contribution in [3.8, 4) is 11.4 Å². The van der Waals surface area contributed by atoms with Gasteiger partial charge in [0.15, 0.2) is 11.0 Å². The van der Waals surface area contributed by atoms with Gasteiger partial charge in [0.2, 0.25) is 0 Å². The van der Waals surface area contributed by atoms with E-state index in [-0.39, 0.29) is 5.75 Å². The lowest BCUT2D eigenvalue weighted by molar-refractivity contribution is 0.603. The van der Waals surface area contributed by atoms with Crippen LogP contribution in [0.4, 0.5) is 0 Å². The topological polar surface area (TPSA) is 64.8 Å². The van der Waals surface area contributed by atoms with Crippen molar-refractivity contribution in [2.75, 3.05) is 17.8 Å². The molecule has 0 bridgehead atoms. The Balaban J connectivity index is 2.13. The number of aromatic nitrogens is 3. The summed E-state index contributed by atoms with van der Waals surface area (Å²) in [5, 5.41) is 9.57. The predicted octanol–water partition coefficient (Wildman–Crippen LogP) is 2.27. The normalized spacial score (nSPS) is 11.8. The average molecular weight is 332 g/mol. The first-order valence-corrected chi connectivity index (χ1v) is 9.25. The Morgan fingerprint density at radius 1 is 1.25 bits per heavy atom. The predicted molar refractivity (Wildman–Crippen MR) is 81.9 cm³/mol. The first kappa shape index (κ1) is 15.3. The molecule has 0 spiro atoms. The molecule has 0 saturated heterocycles. The quantitative estimate of drug-likeness (QED) is 0.786. The molecule has 0 aliphatic carbocycles. The molecular weight excluding hydrogens is 318 g/mol. The van der Waals surface area contributed by atoms with Crippen LogP contribution >= 0.6 is 23.4 Å². The highest BCUT2D eigenvalue weighted by atomic mass is 35.5. The molecule has 8 heteroatoms. The maximum atomic E-state index is 11.1. The molecule has 1 aromatic carbocycles. The molecule has 108 valence electrons. The summed E-state index contributed by atoms with van der Waals surface area (Å²) in [5.74, 6) is 1.31. The second-order valence-corrected chi connectivity index (χ2v) is 8.11. The number of thioether (sulfide) groups is 1. The van der Waals surface area contributed by atoms with Gasteiger partial charge in [-0.3, -0.25) is 0 Å². The number of hydrogen-bond donors (Lipinski definition) is 0. The second kappa shape index (κ2) is 6.15. The fraction of sp³-hybridized carbons (Fsp3) is 0.333. The summed E-state index contributed by atoms with van der Waals surface area (Å²) in [6, 6.07) is 7.33.